The Morgan fingerprint density at radius 3 is 3.00 bits per heavy atom. The number of nitrogens with zero attached hydrogens (tertiary/aromatic N) is 1. The zero-order chi connectivity index (χ0) is 14.6. The van der Waals surface area contributed by atoms with Crippen LogP contribution in [0.2, 0.25) is 0 Å². The minimum absolute atomic E-state index is 0.529. The van der Waals surface area contributed by atoms with E-state index in [9.17, 15) is 0 Å². The topological polar surface area (TPSA) is 15.3 Å². The van der Waals surface area contributed by atoms with Crippen LogP contribution in [-0.4, -0.2) is 30.6 Å². The van der Waals surface area contributed by atoms with E-state index in [-0.39, 0.29) is 0 Å². The molecule has 0 aromatic heterocycles. The largest absolute Gasteiger partial charge is 0.368 e. The van der Waals surface area contributed by atoms with E-state index >= 15 is 0 Å². The molecule has 0 radical (unpaired) electrons. The van der Waals surface area contributed by atoms with Crippen molar-refractivity contribution in [2.75, 3.05) is 19.6 Å². The summed E-state index contributed by atoms with van der Waals surface area (Å²) in [5, 5.41) is 3.57. The highest BCUT2D eigenvalue weighted by atomic mass is 15.2. The maximum absolute atomic E-state index is 3.57. The summed E-state index contributed by atoms with van der Waals surface area (Å²) in [7, 11) is 0. The van der Waals surface area contributed by atoms with Crippen molar-refractivity contribution in [3.05, 3.63) is 47.2 Å². The third-order valence-electron chi connectivity index (χ3n) is 6.54. The minimum Gasteiger partial charge on any atom is -0.368 e. The van der Waals surface area contributed by atoms with E-state index < -0.39 is 0 Å². The first-order valence-electron chi connectivity index (χ1n) is 9.12. The Kier molecular flexibility index (Phi) is 2.91. The van der Waals surface area contributed by atoms with E-state index in [0.29, 0.717) is 11.5 Å². The van der Waals surface area contributed by atoms with Crippen molar-refractivity contribution >= 4 is 0 Å². The van der Waals surface area contributed by atoms with E-state index in [2.05, 4.69) is 40.6 Å². The molecule has 0 amide bonds. The SMILES string of the molecule is C1=CC2=C(CC1)N(C1C=CC(C34CNCC3C4)=CC1)CCC2. The molecule has 22 heavy (non-hydrogen) atoms. The smallest absolute Gasteiger partial charge is 0.0507 e. The molecule has 2 heteroatoms. The van der Waals surface area contributed by atoms with Gasteiger partial charge in [-0.15, -0.1) is 0 Å². The van der Waals surface area contributed by atoms with E-state index in [0.717, 1.165) is 5.92 Å². The molecule has 0 spiro atoms. The van der Waals surface area contributed by atoms with Crippen LogP contribution in [0.4, 0.5) is 0 Å². The van der Waals surface area contributed by atoms with Gasteiger partial charge in [-0.3, -0.25) is 0 Å². The Morgan fingerprint density at radius 1 is 1.23 bits per heavy atom. The minimum atomic E-state index is 0.529. The van der Waals surface area contributed by atoms with E-state index in [1.54, 1.807) is 16.8 Å². The summed E-state index contributed by atoms with van der Waals surface area (Å²) in [5.41, 5.74) is 5.42. The molecule has 2 fully saturated rings. The molecule has 5 aliphatic rings. The summed E-state index contributed by atoms with van der Waals surface area (Å²) in [6.07, 6.45) is 20.0. The van der Waals surface area contributed by atoms with Gasteiger partial charge in [-0.1, -0.05) is 30.4 Å². The van der Waals surface area contributed by atoms with Crippen LogP contribution in [0.1, 0.15) is 38.5 Å². The number of hydrogen-bond donors (Lipinski definition) is 1. The van der Waals surface area contributed by atoms with Gasteiger partial charge in [0.05, 0.1) is 6.04 Å². The van der Waals surface area contributed by atoms with Crippen LogP contribution in [0.5, 0.6) is 0 Å². The van der Waals surface area contributed by atoms with Crippen molar-refractivity contribution in [2.24, 2.45) is 11.3 Å². The standard InChI is InChI=1S/C20H26N2/c1-2-6-19-15(4-1)5-3-11-22(19)18-9-7-16(8-10-18)20-12-17(20)13-21-14-20/h1,4,7-9,17-18,21H,2-3,5-6,10-14H2. The molecule has 3 atom stereocenters. The number of allylic oxidation sites excluding steroid dienone is 5. The number of fused-ring (bicyclic) bond motifs is 1. The molecule has 116 valence electrons. The van der Waals surface area contributed by atoms with Gasteiger partial charge in [0.15, 0.2) is 0 Å². The highest BCUT2D eigenvalue weighted by Crippen LogP contribution is 2.60. The fourth-order valence-corrected chi connectivity index (χ4v) is 5.20. The zero-order valence-corrected chi connectivity index (χ0v) is 13.4. The van der Waals surface area contributed by atoms with Gasteiger partial charge >= 0.3 is 0 Å². The fourth-order valence-electron chi connectivity index (χ4n) is 5.20. The Hall–Kier alpha value is -1.28. The van der Waals surface area contributed by atoms with Crippen molar-refractivity contribution < 1.29 is 0 Å². The second-order valence-corrected chi connectivity index (χ2v) is 7.72. The molecule has 5 rings (SSSR count). The zero-order valence-electron chi connectivity index (χ0n) is 13.4. The van der Waals surface area contributed by atoms with Crippen molar-refractivity contribution in [3.63, 3.8) is 0 Å². The maximum Gasteiger partial charge on any atom is 0.0507 e. The third kappa shape index (κ3) is 1.89. The number of hydrogen-bond acceptors (Lipinski definition) is 2. The average Bonchev–Trinajstić information content (AvgIpc) is 3.16. The van der Waals surface area contributed by atoms with Crippen LogP contribution in [0.3, 0.4) is 0 Å². The molecule has 0 aromatic carbocycles. The number of rotatable bonds is 2. The molecule has 1 N–H and O–H groups in total. The molecule has 1 saturated heterocycles. The van der Waals surface area contributed by atoms with Gasteiger partial charge in [0.2, 0.25) is 0 Å². The molecule has 2 aliphatic heterocycles. The summed E-state index contributed by atoms with van der Waals surface area (Å²) in [6, 6.07) is 0.600. The van der Waals surface area contributed by atoms with Crippen molar-refractivity contribution in [2.45, 2.75) is 44.6 Å². The van der Waals surface area contributed by atoms with E-state index in [4.69, 9.17) is 0 Å². The van der Waals surface area contributed by atoms with Crippen LogP contribution in [0, 0.1) is 11.3 Å². The van der Waals surface area contributed by atoms with Crippen molar-refractivity contribution in [1.29, 1.82) is 0 Å². The van der Waals surface area contributed by atoms with Crippen LogP contribution >= 0.6 is 0 Å². The fraction of sp³-hybridized carbons (Fsp3) is 0.600. The Balaban J connectivity index is 1.35. The third-order valence-corrected chi connectivity index (χ3v) is 6.54. The van der Waals surface area contributed by atoms with E-state index in [1.807, 2.05) is 0 Å². The molecule has 2 heterocycles. The molecule has 1 saturated carbocycles. The van der Waals surface area contributed by atoms with Crippen LogP contribution in [0.25, 0.3) is 0 Å². The van der Waals surface area contributed by atoms with Crippen molar-refractivity contribution in [1.82, 2.24) is 10.2 Å². The predicted molar refractivity (Wildman–Crippen MR) is 90.4 cm³/mol. The van der Waals surface area contributed by atoms with Gasteiger partial charge < -0.3 is 10.2 Å². The van der Waals surface area contributed by atoms with Crippen LogP contribution < -0.4 is 5.32 Å². The van der Waals surface area contributed by atoms with Gasteiger partial charge in [-0.2, -0.15) is 0 Å². The van der Waals surface area contributed by atoms with Crippen molar-refractivity contribution in [3.8, 4) is 0 Å². The molecule has 2 nitrogen and oxygen atoms in total. The van der Waals surface area contributed by atoms with Crippen LogP contribution in [-0.2, 0) is 0 Å². The predicted octanol–water partition coefficient (Wildman–Crippen LogP) is 3.55. The summed E-state index contributed by atoms with van der Waals surface area (Å²) < 4.78 is 0. The normalized spacial score (nSPS) is 39.6. The monoisotopic (exact) mass is 294 g/mol. The first-order chi connectivity index (χ1) is 10.9. The quantitative estimate of drug-likeness (QED) is 0.838. The molecule has 3 unspecified atom stereocenters. The summed E-state index contributed by atoms with van der Waals surface area (Å²) in [5.74, 6) is 0.924. The van der Waals surface area contributed by atoms with Gasteiger partial charge in [0.1, 0.15) is 0 Å². The molecular weight excluding hydrogens is 268 g/mol. The highest BCUT2D eigenvalue weighted by Gasteiger charge is 2.58. The second kappa shape index (κ2) is 4.86. The van der Waals surface area contributed by atoms with Gasteiger partial charge in [0, 0.05) is 24.2 Å². The van der Waals surface area contributed by atoms with Gasteiger partial charge in [-0.25, -0.2) is 0 Å². The summed E-state index contributed by atoms with van der Waals surface area (Å²) in [4.78, 5) is 2.71. The molecule has 0 aromatic rings. The molecular formula is C20H26N2. The van der Waals surface area contributed by atoms with Crippen LogP contribution in [0.15, 0.2) is 47.2 Å². The lowest BCUT2D eigenvalue weighted by Crippen LogP contribution is -2.38. The Labute approximate surface area is 133 Å². The number of nitrogens with one attached hydrogen (secondary N) is 1. The summed E-state index contributed by atoms with van der Waals surface area (Å²) >= 11 is 0. The van der Waals surface area contributed by atoms with Gasteiger partial charge in [-0.05, 0) is 62.1 Å². The lowest BCUT2D eigenvalue weighted by atomic mass is 9.87. The summed E-state index contributed by atoms with van der Waals surface area (Å²) in [6.45, 7) is 3.70. The average molecular weight is 294 g/mol. The lowest BCUT2D eigenvalue weighted by Gasteiger charge is -2.40. The second-order valence-electron chi connectivity index (χ2n) is 7.72. The Morgan fingerprint density at radius 2 is 2.23 bits per heavy atom. The molecule has 0 bridgehead atoms. The first kappa shape index (κ1) is 13.2. The van der Waals surface area contributed by atoms with Gasteiger partial charge in [0.25, 0.3) is 0 Å². The van der Waals surface area contributed by atoms with E-state index in [1.165, 1.54) is 58.2 Å². The number of piperidine rings is 1. The Bertz CT molecular complexity index is 609. The maximum atomic E-state index is 3.57. The highest BCUT2D eigenvalue weighted by molar-refractivity contribution is 5.41. The lowest BCUT2D eigenvalue weighted by molar-refractivity contribution is 0.258. The first-order valence-corrected chi connectivity index (χ1v) is 9.12. The molecule has 3 aliphatic carbocycles.